The minimum atomic E-state index is -0.881. The molecule has 7 rings (SSSR count). The lowest BCUT2D eigenvalue weighted by atomic mass is 10.0. The average molecular weight is 702 g/mol. The van der Waals surface area contributed by atoms with Crippen molar-refractivity contribution in [1.82, 2.24) is 36.1 Å². The first-order chi connectivity index (χ1) is 24.9. The van der Waals surface area contributed by atoms with Gasteiger partial charge in [0.15, 0.2) is 0 Å². The van der Waals surface area contributed by atoms with Crippen LogP contribution in [0.3, 0.4) is 0 Å². The van der Waals surface area contributed by atoms with Crippen molar-refractivity contribution in [3.05, 3.63) is 108 Å². The molecule has 6 aromatic rings. The van der Waals surface area contributed by atoms with Gasteiger partial charge in [-0.1, -0.05) is 74.5 Å². The predicted molar refractivity (Wildman–Crippen MR) is 206 cm³/mol. The number of carbonyl (C=O) groups excluding carboxylic acids is 2. The van der Waals surface area contributed by atoms with Crippen molar-refractivity contribution in [3.63, 3.8) is 0 Å². The minimum Gasteiger partial charge on any atom is -0.453 e. The summed E-state index contributed by atoms with van der Waals surface area (Å²) in [6.07, 6.45) is 3.47. The second-order valence-corrected chi connectivity index (χ2v) is 13.9. The Labute approximate surface area is 301 Å². The number of imidazole rings is 1. The molecule has 2 amide bonds. The highest BCUT2D eigenvalue weighted by Gasteiger charge is 2.28. The summed E-state index contributed by atoms with van der Waals surface area (Å²) >= 11 is 1.80. The van der Waals surface area contributed by atoms with Gasteiger partial charge in [0.2, 0.25) is 5.91 Å². The van der Waals surface area contributed by atoms with Crippen molar-refractivity contribution >= 4 is 60.9 Å². The van der Waals surface area contributed by atoms with E-state index in [0.29, 0.717) is 17.9 Å². The van der Waals surface area contributed by atoms with Crippen LogP contribution in [-0.4, -0.2) is 59.8 Å². The van der Waals surface area contributed by atoms with Gasteiger partial charge in [0, 0.05) is 39.8 Å². The largest absolute Gasteiger partial charge is 0.453 e. The third-order valence-electron chi connectivity index (χ3n) is 9.14. The molecule has 2 atom stereocenters. The number of amides is 2. The van der Waals surface area contributed by atoms with Crippen molar-refractivity contribution < 1.29 is 14.3 Å². The van der Waals surface area contributed by atoms with E-state index in [1.807, 2.05) is 43.3 Å². The third kappa shape index (κ3) is 7.40. The van der Waals surface area contributed by atoms with Crippen LogP contribution in [0.2, 0.25) is 0 Å². The second kappa shape index (κ2) is 15.2. The molecule has 2 aromatic heterocycles. The van der Waals surface area contributed by atoms with E-state index in [0.717, 1.165) is 59.0 Å². The Bertz CT molecular complexity index is 2210. The quantitative estimate of drug-likeness (QED) is 0.0804. The number of nitrogens with one attached hydrogen (secondary N) is 5. The highest BCUT2D eigenvalue weighted by Crippen LogP contribution is 2.37. The second-order valence-electron chi connectivity index (χ2n) is 12.8. The van der Waals surface area contributed by atoms with E-state index in [2.05, 4.69) is 87.9 Å². The number of fused-ring (bicyclic) bond motifs is 4. The monoisotopic (exact) mass is 701 g/mol. The zero-order valence-corrected chi connectivity index (χ0v) is 29.9. The number of nitrogens with zero attached hydrogens (tertiary/aromatic N) is 2. The lowest BCUT2D eigenvalue weighted by Crippen LogP contribution is -2.43. The van der Waals surface area contributed by atoms with Crippen LogP contribution in [0.1, 0.15) is 49.7 Å². The number of thiophene rings is 1. The first-order valence-corrected chi connectivity index (χ1v) is 18.3. The van der Waals surface area contributed by atoms with Crippen LogP contribution in [0.15, 0.2) is 91.1 Å². The summed E-state index contributed by atoms with van der Waals surface area (Å²) in [5.74, 6) is 0.454. The van der Waals surface area contributed by atoms with E-state index < -0.39 is 12.1 Å². The zero-order chi connectivity index (χ0) is 35.3. The summed E-state index contributed by atoms with van der Waals surface area (Å²) in [7, 11) is 1.29. The van der Waals surface area contributed by atoms with Crippen molar-refractivity contribution in [2.75, 3.05) is 26.7 Å². The van der Waals surface area contributed by atoms with Crippen molar-refractivity contribution in [2.24, 2.45) is 0 Å². The molecule has 0 radical (unpaired) electrons. The molecule has 4 aromatic carbocycles. The molecule has 3 heterocycles. The first kappa shape index (κ1) is 34.1. The van der Waals surface area contributed by atoms with Gasteiger partial charge >= 0.3 is 6.09 Å². The molecule has 262 valence electrons. The molecule has 0 bridgehead atoms. The number of aromatic nitrogens is 2. The number of hydrogen-bond acceptors (Lipinski definition) is 8. The fraction of sp³-hybridized carbons (Fsp3) is 0.275. The normalized spacial score (nSPS) is 14.6. The molecule has 0 fully saturated rings. The van der Waals surface area contributed by atoms with Gasteiger partial charge < -0.3 is 35.9 Å². The Kier molecular flexibility index (Phi) is 10.2. The Morgan fingerprint density at radius 1 is 0.961 bits per heavy atom. The number of H-pyrrole nitrogens is 1. The number of methoxy groups -OCH3 is 1. The lowest BCUT2D eigenvalue weighted by molar-refractivity contribution is -0.134. The fourth-order valence-corrected chi connectivity index (χ4v) is 7.69. The number of aromatic amines is 1. The van der Waals surface area contributed by atoms with E-state index in [9.17, 15) is 9.59 Å². The van der Waals surface area contributed by atoms with Crippen molar-refractivity contribution in [2.45, 2.75) is 45.4 Å². The van der Waals surface area contributed by atoms with Crippen LogP contribution < -0.4 is 21.3 Å². The van der Waals surface area contributed by atoms with Gasteiger partial charge in [-0.05, 0) is 65.6 Å². The van der Waals surface area contributed by atoms with Crippen LogP contribution in [0.25, 0.3) is 48.0 Å². The number of benzene rings is 4. The SMILES string of the molecule is CCCNCC1NC=C(c2ccc3cc(-c4ccc5c(ccc6[nH]c(CN(CCC)C(=O)C(NC(=O)OC)c7ccccc7)nc65)c4)sc3c2)N1. The molecule has 0 saturated carbocycles. The molecular weight excluding hydrogens is 659 g/mol. The summed E-state index contributed by atoms with van der Waals surface area (Å²) in [6.45, 7) is 6.86. The summed E-state index contributed by atoms with van der Waals surface area (Å²) in [6, 6.07) is 27.9. The zero-order valence-electron chi connectivity index (χ0n) is 29.1. The Morgan fingerprint density at radius 2 is 1.78 bits per heavy atom. The highest BCUT2D eigenvalue weighted by atomic mass is 32.1. The molecule has 0 spiro atoms. The number of carbonyl (C=O) groups is 2. The first-order valence-electron chi connectivity index (χ1n) is 17.5. The number of rotatable bonds is 13. The Hall–Kier alpha value is -5.39. The summed E-state index contributed by atoms with van der Waals surface area (Å²) in [5, 5.41) is 16.6. The summed E-state index contributed by atoms with van der Waals surface area (Å²) in [4.78, 5) is 37.5. The van der Waals surface area contributed by atoms with Gasteiger partial charge in [0.05, 0.1) is 30.4 Å². The van der Waals surface area contributed by atoms with Crippen LogP contribution in [0.5, 0.6) is 0 Å². The standard InChI is InChI=1S/C40H43N7O3S/c1-4-17-41-23-35-42-22-32(44-35)27-11-12-29-21-34(51-33(29)20-27)28-13-15-30-26(19-28)14-16-31-38(30)45-36(43-31)24-47(18-5-2)39(48)37(46-40(49)50-3)25-9-7-6-8-10-25/h6-16,19-22,35,37,41-42,44H,4-5,17-18,23-24H2,1-3H3,(H,43,45)(H,46,49). The van der Waals surface area contributed by atoms with E-state index in [4.69, 9.17) is 9.72 Å². The number of alkyl carbamates (subject to hydrolysis) is 1. The molecule has 0 aliphatic carbocycles. The van der Waals surface area contributed by atoms with Gasteiger partial charge in [-0.3, -0.25) is 4.79 Å². The lowest BCUT2D eigenvalue weighted by Gasteiger charge is -2.27. The molecule has 11 heteroatoms. The van der Waals surface area contributed by atoms with Crippen LogP contribution in [0, 0.1) is 0 Å². The van der Waals surface area contributed by atoms with Crippen LogP contribution >= 0.6 is 11.3 Å². The Balaban J connectivity index is 1.11. The van der Waals surface area contributed by atoms with E-state index >= 15 is 0 Å². The smallest absolute Gasteiger partial charge is 0.407 e. The maximum Gasteiger partial charge on any atom is 0.407 e. The molecule has 1 aliphatic rings. The predicted octanol–water partition coefficient (Wildman–Crippen LogP) is 7.25. The van der Waals surface area contributed by atoms with Gasteiger partial charge in [-0.25, -0.2) is 9.78 Å². The van der Waals surface area contributed by atoms with Gasteiger partial charge in [-0.15, -0.1) is 11.3 Å². The molecular formula is C40H43N7O3S. The minimum absolute atomic E-state index is 0.191. The maximum absolute atomic E-state index is 13.9. The van der Waals surface area contributed by atoms with Gasteiger partial charge in [0.25, 0.3) is 0 Å². The van der Waals surface area contributed by atoms with Gasteiger partial charge in [0.1, 0.15) is 18.0 Å². The van der Waals surface area contributed by atoms with Crippen molar-refractivity contribution in [3.8, 4) is 10.4 Å². The molecule has 5 N–H and O–H groups in total. The van der Waals surface area contributed by atoms with E-state index in [1.54, 1.807) is 16.2 Å². The number of hydrogen-bond donors (Lipinski definition) is 5. The van der Waals surface area contributed by atoms with Crippen molar-refractivity contribution in [1.29, 1.82) is 0 Å². The van der Waals surface area contributed by atoms with Gasteiger partial charge in [-0.2, -0.15) is 0 Å². The van der Waals surface area contributed by atoms with E-state index in [1.165, 1.54) is 27.6 Å². The van der Waals surface area contributed by atoms with Crippen LogP contribution in [0.4, 0.5) is 4.79 Å². The molecule has 0 saturated heterocycles. The third-order valence-corrected chi connectivity index (χ3v) is 10.3. The highest BCUT2D eigenvalue weighted by molar-refractivity contribution is 7.22. The average Bonchev–Trinajstić information content (AvgIpc) is 3.92. The fourth-order valence-electron chi connectivity index (χ4n) is 6.59. The van der Waals surface area contributed by atoms with Crippen LogP contribution in [-0.2, 0) is 16.1 Å². The number of ether oxygens (including phenoxy) is 1. The molecule has 2 unspecified atom stereocenters. The summed E-state index contributed by atoms with van der Waals surface area (Å²) in [5.41, 5.74) is 5.89. The molecule has 10 nitrogen and oxygen atoms in total. The topological polar surface area (TPSA) is 123 Å². The maximum atomic E-state index is 13.9. The van der Waals surface area contributed by atoms with E-state index in [-0.39, 0.29) is 18.6 Å². The summed E-state index contributed by atoms with van der Waals surface area (Å²) < 4.78 is 6.08. The molecule has 1 aliphatic heterocycles. The molecule has 51 heavy (non-hydrogen) atoms. The Morgan fingerprint density at radius 3 is 2.59 bits per heavy atom.